The molecule has 0 radical (unpaired) electrons. The Hall–Kier alpha value is -2.58. The summed E-state index contributed by atoms with van der Waals surface area (Å²) in [6.45, 7) is 0. The summed E-state index contributed by atoms with van der Waals surface area (Å²) in [5, 5.41) is 18.1. The van der Waals surface area contributed by atoms with Crippen LogP contribution >= 0.6 is 11.6 Å². The average Bonchev–Trinajstić information content (AvgIpc) is 3.42. The molecule has 0 aliphatic heterocycles. The number of nitrogens with zero attached hydrogens (tertiary/aromatic N) is 2. The summed E-state index contributed by atoms with van der Waals surface area (Å²) in [6.07, 6.45) is -2.20. The molecule has 1 aliphatic rings. The Labute approximate surface area is 169 Å². The predicted molar refractivity (Wildman–Crippen MR) is 99.7 cm³/mol. The van der Waals surface area contributed by atoms with Crippen molar-refractivity contribution in [3.63, 3.8) is 0 Å². The molecule has 1 atom stereocenters. The standard InChI is InChI=1S/C20H17ClF3N3O2/c21-13-3-5-14(6-4-13)29-15-7-8-16(17(9-15)20(22,23)24)19(28,12-1-2-12)10-18-25-11-26-27-18/h3-9,11-12,28H,1-2,10H2,(H,25,26,27). The number of H-pyrrole nitrogens is 1. The molecule has 0 spiro atoms. The SMILES string of the molecule is OC(Cc1ncn[nH]1)(c1ccc(Oc2ccc(Cl)cc2)cc1C(F)(F)F)C1CC1. The third-order valence-corrected chi connectivity index (χ3v) is 5.22. The Morgan fingerprint density at radius 1 is 1.07 bits per heavy atom. The van der Waals surface area contributed by atoms with Gasteiger partial charge in [-0.25, -0.2) is 4.98 Å². The number of halogens is 4. The summed E-state index contributed by atoms with van der Waals surface area (Å²) >= 11 is 5.82. The van der Waals surface area contributed by atoms with E-state index in [1.54, 1.807) is 24.3 Å². The van der Waals surface area contributed by atoms with E-state index in [2.05, 4.69) is 15.2 Å². The molecular formula is C20H17ClF3N3O2. The highest BCUT2D eigenvalue weighted by atomic mass is 35.5. The highest BCUT2D eigenvalue weighted by molar-refractivity contribution is 6.30. The van der Waals surface area contributed by atoms with Gasteiger partial charge in [0.15, 0.2) is 0 Å². The first-order chi connectivity index (χ1) is 13.8. The van der Waals surface area contributed by atoms with Crippen LogP contribution in [0.2, 0.25) is 5.02 Å². The van der Waals surface area contributed by atoms with E-state index in [0.29, 0.717) is 29.4 Å². The Bertz CT molecular complexity index is 989. The molecule has 152 valence electrons. The summed E-state index contributed by atoms with van der Waals surface area (Å²) in [7, 11) is 0. The summed E-state index contributed by atoms with van der Waals surface area (Å²) in [5.74, 6) is 0.418. The Kier molecular flexibility index (Phi) is 5.00. The lowest BCUT2D eigenvalue weighted by atomic mass is 9.82. The predicted octanol–water partition coefficient (Wildman–Crippen LogP) is 5.11. The van der Waals surface area contributed by atoms with E-state index in [1.807, 2.05) is 0 Å². The topological polar surface area (TPSA) is 71.0 Å². The second-order valence-electron chi connectivity index (χ2n) is 7.07. The highest BCUT2D eigenvalue weighted by Crippen LogP contribution is 2.51. The summed E-state index contributed by atoms with van der Waals surface area (Å²) < 4.78 is 47.2. The molecule has 1 fully saturated rings. The number of nitrogens with one attached hydrogen (secondary N) is 1. The molecule has 2 aromatic carbocycles. The van der Waals surface area contributed by atoms with Gasteiger partial charge in [-0.1, -0.05) is 17.7 Å². The molecule has 1 aromatic heterocycles. The molecule has 2 N–H and O–H groups in total. The van der Waals surface area contributed by atoms with Gasteiger partial charge in [-0.3, -0.25) is 5.10 Å². The normalized spacial score (nSPS) is 16.4. The highest BCUT2D eigenvalue weighted by Gasteiger charge is 2.50. The first-order valence-electron chi connectivity index (χ1n) is 8.97. The second kappa shape index (κ2) is 7.35. The van der Waals surface area contributed by atoms with Crippen molar-refractivity contribution < 1.29 is 23.0 Å². The van der Waals surface area contributed by atoms with Crippen LogP contribution in [0.3, 0.4) is 0 Å². The number of aliphatic hydroxyl groups is 1. The zero-order valence-corrected chi connectivity index (χ0v) is 15.8. The van der Waals surface area contributed by atoms with Gasteiger partial charge in [0.1, 0.15) is 29.3 Å². The Balaban J connectivity index is 1.73. The molecule has 9 heteroatoms. The number of hydrogen-bond acceptors (Lipinski definition) is 4. The van der Waals surface area contributed by atoms with Crippen LogP contribution in [0.1, 0.15) is 29.8 Å². The minimum Gasteiger partial charge on any atom is -0.457 e. The number of benzene rings is 2. The van der Waals surface area contributed by atoms with Crippen LogP contribution in [0.4, 0.5) is 13.2 Å². The average molecular weight is 424 g/mol. The van der Waals surface area contributed by atoms with Gasteiger partial charge in [0.05, 0.1) is 5.56 Å². The van der Waals surface area contributed by atoms with Crippen molar-refractivity contribution in [3.8, 4) is 11.5 Å². The lowest BCUT2D eigenvalue weighted by Gasteiger charge is -2.31. The molecule has 1 saturated carbocycles. The largest absolute Gasteiger partial charge is 0.457 e. The number of aromatic amines is 1. The van der Waals surface area contributed by atoms with Gasteiger partial charge >= 0.3 is 6.18 Å². The van der Waals surface area contributed by atoms with Crippen LogP contribution < -0.4 is 4.74 Å². The van der Waals surface area contributed by atoms with Crippen molar-refractivity contribution in [2.24, 2.45) is 5.92 Å². The summed E-state index contributed by atoms with van der Waals surface area (Å²) in [6, 6.07) is 9.91. The molecule has 1 heterocycles. The number of rotatable bonds is 6. The molecule has 4 rings (SSSR count). The molecule has 5 nitrogen and oxygen atoms in total. The fraction of sp³-hybridized carbons (Fsp3) is 0.300. The zero-order chi connectivity index (χ0) is 20.6. The van der Waals surface area contributed by atoms with E-state index in [1.165, 1.54) is 18.5 Å². The summed E-state index contributed by atoms with van der Waals surface area (Å²) in [4.78, 5) is 3.97. The maximum atomic E-state index is 13.9. The Morgan fingerprint density at radius 2 is 1.76 bits per heavy atom. The van der Waals surface area contributed by atoms with Gasteiger partial charge in [-0.2, -0.15) is 18.3 Å². The van der Waals surface area contributed by atoms with Gasteiger partial charge < -0.3 is 9.84 Å². The molecule has 0 saturated heterocycles. The van der Waals surface area contributed by atoms with Crippen LogP contribution in [-0.4, -0.2) is 20.3 Å². The Morgan fingerprint density at radius 3 is 2.34 bits per heavy atom. The lowest BCUT2D eigenvalue weighted by molar-refractivity contribution is -0.141. The van der Waals surface area contributed by atoms with E-state index in [9.17, 15) is 18.3 Å². The minimum absolute atomic E-state index is 0.0150. The van der Waals surface area contributed by atoms with Crippen LogP contribution in [0.25, 0.3) is 0 Å². The molecule has 0 amide bonds. The third kappa shape index (κ3) is 4.23. The van der Waals surface area contributed by atoms with E-state index in [-0.39, 0.29) is 23.7 Å². The van der Waals surface area contributed by atoms with Gasteiger partial charge in [0, 0.05) is 11.4 Å². The molecule has 3 aromatic rings. The van der Waals surface area contributed by atoms with Gasteiger partial charge in [-0.05, 0) is 60.7 Å². The fourth-order valence-corrected chi connectivity index (χ4v) is 3.56. The van der Waals surface area contributed by atoms with E-state index in [0.717, 1.165) is 6.07 Å². The van der Waals surface area contributed by atoms with Crippen molar-refractivity contribution in [2.45, 2.75) is 31.0 Å². The van der Waals surface area contributed by atoms with Crippen molar-refractivity contribution >= 4 is 11.6 Å². The monoisotopic (exact) mass is 423 g/mol. The van der Waals surface area contributed by atoms with Crippen LogP contribution in [0, 0.1) is 5.92 Å². The molecule has 1 unspecified atom stereocenters. The van der Waals surface area contributed by atoms with Crippen molar-refractivity contribution in [1.29, 1.82) is 0 Å². The van der Waals surface area contributed by atoms with Crippen molar-refractivity contribution in [1.82, 2.24) is 15.2 Å². The van der Waals surface area contributed by atoms with E-state index >= 15 is 0 Å². The van der Waals surface area contributed by atoms with Crippen LogP contribution in [0.15, 0.2) is 48.8 Å². The fourth-order valence-electron chi connectivity index (χ4n) is 3.43. The number of alkyl halides is 3. The van der Waals surface area contributed by atoms with Crippen molar-refractivity contribution in [2.75, 3.05) is 0 Å². The quantitative estimate of drug-likeness (QED) is 0.578. The first-order valence-corrected chi connectivity index (χ1v) is 9.35. The van der Waals surface area contributed by atoms with Gasteiger partial charge in [0.25, 0.3) is 0 Å². The maximum absolute atomic E-state index is 13.9. The number of ether oxygens (including phenoxy) is 1. The van der Waals surface area contributed by atoms with E-state index in [4.69, 9.17) is 16.3 Å². The maximum Gasteiger partial charge on any atom is 0.416 e. The smallest absolute Gasteiger partial charge is 0.416 e. The molecule has 0 bridgehead atoms. The van der Waals surface area contributed by atoms with Crippen molar-refractivity contribution in [3.05, 3.63) is 70.8 Å². The molecule has 29 heavy (non-hydrogen) atoms. The zero-order valence-electron chi connectivity index (χ0n) is 15.1. The van der Waals surface area contributed by atoms with Gasteiger partial charge in [0.2, 0.25) is 0 Å². The molecular weight excluding hydrogens is 407 g/mol. The summed E-state index contributed by atoms with van der Waals surface area (Å²) in [5.41, 5.74) is -2.83. The van der Waals surface area contributed by atoms with Crippen LogP contribution in [-0.2, 0) is 18.2 Å². The number of hydrogen-bond donors (Lipinski definition) is 2. The second-order valence-corrected chi connectivity index (χ2v) is 7.51. The third-order valence-electron chi connectivity index (χ3n) is 4.97. The van der Waals surface area contributed by atoms with E-state index < -0.39 is 17.3 Å². The number of aromatic nitrogens is 3. The first kappa shape index (κ1) is 19.7. The minimum atomic E-state index is -4.67. The lowest BCUT2D eigenvalue weighted by Crippen LogP contribution is -2.34. The molecule has 1 aliphatic carbocycles. The van der Waals surface area contributed by atoms with Crippen LogP contribution in [0.5, 0.6) is 11.5 Å². The van der Waals surface area contributed by atoms with Gasteiger partial charge in [-0.15, -0.1) is 0 Å².